The van der Waals surface area contributed by atoms with Crippen LogP contribution in [0.2, 0.25) is 0 Å². The first-order valence-electron chi connectivity index (χ1n) is 7.48. The van der Waals surface area contributed by atoms with E-state index in [4.69, 9.17) is 0 Å². The van der Waals surface area contributed by atoms with E-state index in [9.17, 15) is 18.0 Å². The number of rotatable bonds is 3. The number of benzene rings is 1. The van der Waals surface area contributed by atoms with Crippen LogP contribution >= 0.6 is 0 Å². The second-order valence-corrected chi connectivity index (χ2v) is 7.90. The molecule has 3 amide bonds. The van der Waals surface area contributed by atoms with Gasteiger partial charge in [0.1, 0.15) is 0 Å². The number of sulfonamides is 1. The van der Waals surface area contributed by atoms with Crippen LogP contribution in [0.5, 0.6) is 0 Å². The fraction of sp³-hybridized carbons (Fsp3) is 0.467. The first-order chi connectivity index (χ1) is 10.8. The van der Waals surface area contributed by atoms with E-state index in [0.29, 0.717) is 18.5 Å². The number of imide groups is 1. The number of nitrogens with one attached hydrogen (secondary N) is 1. The molecule has 1 atom stereocenters. The Hall–Kier alpha value is -1.93. The van der Waals surface area contributed by atoms with E-state index in [-0.39, 0.29) is 23.9 Å². The molecule has 23 heavy (non-hydrogen) atoms. The third-order valence-corrected chi connectivity index (χ3v) is 6.34. The lowest BCUT2D eigenvalue weighted by atomic mass is 10.2. The molecular weight excluding hydrogens is 318 g/mol. The average Bonchev–Trinajstić information content (AvgIpc) is 3.09. The van der Waals surface area contributed by atoms with E-state index in [1.807, 2.05) is 13.0 Å². The van der Waals surface area contributed by atoms with Gasteiger partial charge < -0.3 is 5.32 Å². The molecule has 2 aliphatic rings. The zero-order valence-electron chi connectivity index (χ0n) is 13.1. The van der Waals surface area contributed by atoms with Crippen molar-refractivity contribution in [1.82, 2.24) is 14.5 Å². The molecule has 2 heterocycles. The summed E-state index contributed by atoms with van der Waals surface area (Å²) < 4.78 is 27.1. The Bertz CT molecular complexity index is 759. The van der Waals surface area contributed by atoms with Crippen molar-refractivity contribution in [2.75, 3.05) is 19.6 Å². The third-order valence-electron chi connectivity index (χ3n) is 4.33. The highest BCUT2D eigenvalue weighted by molar-refractivity contribution is 7.89. The van der Waals surface area contributed by atoms with Crippen LogP contribution in [0, 0.1) is 13.8 Å². The maximum atomic E-state index is 12.9. The van der Waals surface area contributed by atoms with Crippen molar-refractivity contribution in [3.63, 3.8) is 0 Å². The van der Waals surface area contributed by atoms with Gasteiger partial charge in [-0.05, 0) is 37.5 Å². The number of amides is 3. The number of urea groups is 1. The molecule has 0 saturated carbocycles. The molecule has 2 saturated heterocycles. The van der Waals surface area contributed by atoms with Crippen molar-refractivity contribution in [3.05, 3.63) is 29.3 Å². The van der Waals surface area contributed by atoms with Crippen LogP contribution in [-0.4, -0.2) is 55.2 Å². The van der Waals surface area contributed by atoms with Gasteiger partial charge in [-0.25, -0.2) is 13.2 Å². The van der Waals surface area contributed by atoms with Crippen molar-refractivity contribution in [1.29, 1.82) is 0 Å². The molecule has 7 nitrogen and oxygen atoms in total. The highest BCUT2D eigenvalue weighted by Crippen LogP contribution is 2.27. The summed E-state index contributed by atoms with van der Waals surface area (Å²) in [5.41, 5.74) is 1.56. The summed E-state index contributed by atoms with van der Waals surface area (Å²) >= 11 is 0. The highest BCUT2D eigenvalue weighted by atomic mass is 32.2. The van der Waals surface area contributed by atoms with Crippen molar-refractivity contribution in [2.45, 2.75) is 31.2 Å². The molecule has 0 bridgehead atoms. The molecule has 1 aromatic carbocycles. The first-order valence-corrected chi connectivity index (χ1v) is 8.92. The molecule has 3 rings (SSSR count). The minimum absolute atomic E-state index is 0.0148. The van der Waals surface area contributed by atoms with Crippen molar-refractivity contribution in [2.24, 2.45) is 0 Å². The number of carbonyl (C=O) groups is 2. The third kappa shape index (κ3) is 2.72. The lowest BCUT2D eigenvalue weighted by molar-refractivity contribution is -0.126. The van der Waals surface area contributed by atoms with E-state index in [2.05, 4.69) is 5.32 Å². The highest BCUT2D eigenvalue weighted by Gasteiger charge is 2.42. The van der Waals surface area contributed by atoms with E-state index in [0.717, 1.165) is 10.5 Å². The zero-order valence-corrected chi connectivity index (χ0v) is 13.9. The summed E-state index contributed by atoms with van der Waals surface area (Å²) in [4.78, 5) is 24.9. The van der Waals surface area contributed by atoms with Crippen LogP contribution in [0.25, 0.3) is 0 Å². The topological polar surface area (TPSA) is 86.8 Å². The molecule has 1 N–H and O–H groups in total. The molecule has 0 aliphatic carbocycles. The fourth-order valence-corrected chi connectivity index (χ4v) is 4.87. The minimum Gasteiger partial charge on any atom is -0.329 e. The van der Waals surface area contributed by atoms with Gasteiger partial charge in [0.05, 0.1) is 17.5 Å². The Balaban J connectivity index is 1.84. The van der Waals surface area contributed by atoms with Crippen molar-refractivity contribution >= 4 is 22.0 Å². The molecule has 0 spiro atoms. The number of hydrogen-bond acceptors (Lipinski definition) is 4. The molecule has 1 aromatic rings. The standard InChI is InChI=1S/C15H19N3O4S/c1-10-3-4-11(2)13(7-10)23(21,22)17-6-5-12(9-17)18-14(19)8-16-15(18)20/h3-4,7,12H,5-6,8-9H2,1-2H3,(H,16,20). The van der Waals surface area contributed by atoms with Crippen LogP contribution < -0.4 is 5.32 Å². The largest absolute Gasteiger partial charge is 0.329 e. The van der Waals surface area contributed by atoms with Gasteiger partial charge in [0.25, 0.3) is 0 Å². The second kappa shape index (κ2) is 5.61. The SMILES string of the molecule is Cc1ccc(C)c(S(=O)(=O)N2CCC(N3C(=O)CNC3=O)C2)c1. The lowest BCUT2D eigenvalue weighted by Gasteiger charge is -2.22. The van der Waals surface area contributed by atoms with Gasteiger partial charge in [-0.1, -0.05) is 12.1 Å². The summed E-state index contributed by atoms with van der Waals surface area (Å²) in [6.07, 6.45) is 0.462. The van der Waals surface area contributed by atoms with Gasteiger partial charge in [0.2, 0.25) is 15.9 Å². The van der Waals surface area contributed by atoms with Crippen LogP contribution in [0.3, 0.4) is 0 Å². The quantitative estimate of drug-likeness (QED) is 0.819. The number of nitrogens with zero attached hydrogens (tertiary/aromatic N) is 2. The Morgan fingerprint density at radius 2 is 1.96 bits per heavy atom. The Labute approximate surface area is 135 Å². The molecule has 2 fully saturated rings. The fourth-order valence-electron chi connectivity index (χ4n) is 3.07. The van der Waals surface area contributed by atoms with Crippen LogP contribution in [0.15, 0.2) is 23.1 Å². The average molecular weight is 337 g/mol. The summed E-state index contributed by atoms with van der Waals surface area (Å²) in [5.74, 6) is -0.300. The van der Waals surface area contributed by atoms with Gasteiger partial charge in [0.15, 0.2) is 0 Å². The van der Waals surface area contributed by atoms with Crippen LogP contribution in [0.4, 0.5) is 4.79 Å². The molecule has 124 valence electrons. The predicted octanol–water partition coefficient (Wildman–Crippen LogP) is 0.618. The maximum Gasteiger partial charge on any atom is 0.324 e. The smallest absolute Gasteiger partial charge is 0.324 e. The number of carbonyl (C=O) groups excluding carboxylic acids is 2. The Morgan fingerprint density at radius 1 is 1.22 bits per heavy atom. The molecule has 0 aromatic heterocycles. The monoisotopic (exact) mass is 337 g/mol. The van der Waals surface area contributed by atoms with Gasteiger partial charge >= 0.3 is 6.03 Å². The zero-order chi connectivity index (χ0) is 16.8. The summed E-state index contributed by atoms with van der Waals surface area (Å²) in [6, 6.07) is 4.48. The van der Waals surface area contributed by atoms with Gasteiger partial charge in [-0.3, -0.25) is 9.69 Å². The lowest BCUT2D eigenvalue weighted by Crippen LogP contribution is -2.42. The van der Waals surface area contributed by atoms with Gasteiger partial charge in [-0.2, -0.15) is 4.31 Å². The van der Waals surface area contributed by atoms with E-state index >= 15 is 0 Å². The van der Waals surface area contributed by atoms with Crippen LogP contribution in [0.1, 0.15) is 17.5 Å². The number of aryl methyl sites for hydroxylation is 2. The van der Waals surface area contributed by atoms with E-state index in [1.165, 1.54) is 4.31 Å². The predicted molar refractivity (Wildman–Crippen MR) is 83.3 cm³/mol. The maximum absolute atomic E-state index is 12.9. The number of hydrogen-bond donors (Lipinski definition) is 1. The molecular formula is C15H19N3O4S. The van der Waals surface area contributed by atoms with Crippen molar-refractivity contribution < 1.29 is 18.0 Å². The van der Waals surface area contributed by atoms with Crippen LogP contribution in [-0.2, 0) is 14.8 Å². The minimum atomic E-state index is -3.63. The first kappa shape index (κ1) is 15.9. The summed E-state index contributed by atoms with van der Waals surface area (Å²) in [5, 5.41) is 2.47. The van der Waals surface area contributed by atoms with Gasteiger partial charge in [0, 0.05) is 13.1 Å². The summed E-state index contributed by atoms with van der Waals surface area (Å²) in [7, 11) is -3.63. The van der Waals surface area contributed by atoms with E-state index < -0.39 is 22.1 Å². The Kier molecular flexibility index (Phi) is 3.89. The normalized spacial score (nSPS) is 22.7. The molecule has 0 radical (unpaired) electrons. The Morgan fingerprint density at radius 3 is 2.61 bits per heavy atom. The van der Waals surface area contributed by atoms with Gasteiger partial charge in [-0.15, -0.1) is 0 Å². The summed E-state index contributed by atoms with van der Waals surface area (Å²) in [6.45, 7) is 4.04. The van der Waals surface area contributed by atoms with Crippen molar-refractivity contribution in [3.8, 4) is 0 Å². The molecule has 8 heteroatoms. The molecule has 1 unspecified atom stereocenters. The van der Waals surface area contributed by atoms with E-state index in [1.54, 1.807) is 19.1 Å². The molecule has 2 aliphatic heterocycles. The second-order valence-electron chi connectivity index (χ2n) is 6.00.